The highest BCUT2D eigenvalue weighted by Gasteiger charge is 2.21. The van der Waals surface area contributed by atoms with Crippen LogP contribution >= 0.6 is 0 Å². The fourth-order valence-corrected chi connectivity index (χ4v) is 0.924. The van der Waals surface area contributed by atoms with Crippen LogP contribution in [-0.2, 0) is 4.74 Å². The van der Waals surface area contributed by atoms with Gasteiger partial charge in [-0.25, -0.2) is 4.79 Å². The number of hydrogen-bond acceptors (Lipinski definition) is 5. The van der Waals surface area contributed by atoms with E-state index >= 15 is 0 Å². The van der Waals surface area contributed by atoms with Crippen molar-refractivity contribution in [3.05, 3.63) is 16.3 Å². The SMILES string of the molecule is CC(C)(C)OC(=O)Nc1cn[nH]c1[N+](=O)[O-]. The summed E-state index contributed by atoms with van der Waals surface area (Å²) in [6.45, 7) is 5.07. The normalized spacial score (nSPS) is 10.9. The lowest BCUT2D eigenvalue weighted by atomic mass is 10.2. The van der Waals surface area contributed by atoms with Crippen molar-refractivity contribution >= 4 is 17.6 Å². The molecule has 0 fully saturated rings. The maximum absolute atomic E-state index is 11.3. The molecule has 2 N–H and O–H groups in total. The van der Waals surface area contributed by atoms with E-state index in [1.807, 2.05) is 0 Å². The van der Waals surface area contributed by atoms with E-state index in [1.54, 1.807) is 20.8 Å². The largest absolute Gasteiger partial charge is 0.444 e. The number of nitro groups is 1. The van der Waals surface area contributed by atoms with Crippen LogP contribution in [0, 0.1) is 10.1 Å². The van der Waals surface area contributed by atoms with E-state index in [4.69, 9.17) is 4.74 Å². The summed E-state index contributed by atoms with van der Waals surface area (Å²) in [7, 11) is 0. The second-order valence-corrected chi connectivity index (χ2v) is 4.02. The van der Waals surface area contributed by atoms with E-state index in [2.05, 4.69) is 15.5 Å². The van der Waals surface area contributed by atoms with Crippen molar-refractivity contribution in [2.75, 3.05) is 5.32 Å². The van der Waals surface area contributed by atoms with Crippen LogP contribution < -0.4 is 5.32 Å². The Morgan fingerprint density at radius 3 is 2.75 bits per heavy atom. The fraction of sp³-hybridized carbons (Fsp3) is 0.500. The molecule has 0 atom stereocenters. The number of aromatic nitrogens is 2. The van der Waals surface area contributed by atoms with Gasteiger partial charge in [0.05, 0.1) is 0 Å². The van der Waals surface area contributed by atoms with Gasteiger partial charge in [0.2, 0.25) is 0 Å². The minimum Gasteiger partial charge on any atom is -0.444 e. The number of anilines is 1. The Hall–Kier alpha value is -2.12. The molecule has 0 aromatic carbocycles. The number of aromatic amines is 1. The van der Waals surface area contributed by atoms with Gasteiger partial charge in [0, 0.05) is 0 Å². The average molecular weight is 228 g/mol. The molecule has 16 heavy (non-hydrogen) atoms. The Morgan fingerprint density at radius 1 is 1.62 bits per heavy atom. The summed E-state index contributed by atoms with van der Waals surface area (Å²) in [6.07, 6.45) is 0.374. The molecule has 0 aliphatic rings. The molecule has 1 heterocycles. The van der Waals surface area contributed by atoms with E-state index in [0.29, 0.717) is 0 Å². The first-order valence-corrected chi connectivity index (χ1v) is 4.47. The van der Waals surface area contributed by atoms with Crippen molar-refractivity contribution in [3.8, 4) is 0 Å². The predicted molar refractivity (Wildman–Crippen MR) is 55.1 cm³/mol. The molecule has 1 rings (SSSR count). The second kappa shape index (κ2) is 4.17. The van der Waals surface area contributed by atoms with Crippen molar-refractivity contribution < 1.29 is 14.5 Å². The second-order valence-electron chi connectivity index (χ2n) is 4.02. The molecule has 0 saturated carbocycles. The van der Waals surface area contributed by atoms with Gasteiger partial charge in [-0.2, -0.15) is 0 Å². The van der Waals surface area contributed by atoms with Crippen LogP contribution in [0.15, 0.2) is 6.20 Å². The summed E-state index contributed by atoms with van der Waals surface area (Å²) in [4.78, 5) is 21.1. The van der Waals surface area contributed by atoms with Gasteiger partial charge >= 0.3 is 11.9 Å². The van der Waals surface area contributed by atoms with Crippen LogP contribution in [0.5, 0.6) is 0 Å². The lowest BCUT2D eigenvalue weighted by molar-refractivity contribution is -0.388. The zero-order chi connectivity index (χ0) is 12.3. The number of H-pyrrole nitrogens is 1. The zero-order valence-electron chi connectivity index (χ0n) is 9.10. The van der Waals surface area contributed by atoms with Gasteiger partial charge in [-0.1, -0.05) is 5.10 Å². The van der Waals surface area contributed by atoms with Crippen LogP contribution in [0.4, 0.5) is 16.3 Å². The average Bonchev–Trinajstić information content (AvgIpc) is 2.47. The monoisotopic (exact) mass is 228 g/mol. The lowest BCUT2D eigenvalue weighted by Gasteiger charge is -2.19. The molecule has 0 unspecified atom stereocenters. The Labute approximate surface area is 91.1 Å². The smallest absolute Gasteiger partial charge is 0.412 e. The Kier molecular flexibility index (Phi) is 3.11. The highest BCUT2D eigenvalue weighted by molar-refractivity contribution is 5.87. The van der Waals surface area contributed by atoms with Crippen LogP contribution in [0.3, 0.4) is 0 Å². The van der Waals surface area contributed by atoms with Crippen molar-refractivity contribution in [2.45, 2.75) is 26.4 Å². The molecule has 1 aromatic rings. The molecule has 88 valence electrons. The van der Waals surface area contributed by atoms with Gasteiger partial charge in [0.1, 0.15) is 11.8 Å². The molecule has 8 nitrogen and oxygen atoms in total. The third-order valence-electron chi connectivity index (χ3n) is 1.44. The summed E-state index contributed by atoms with van der Waals surface area (Å²) in [5.41, 5.74) is -0.693. The quantitative estimate of drug-likeness (QED) is 0.590. The number of nitrogens with one attached hydrogen (secondary N) is 2. The van der Waals surface area contributed by atoms with Crippen molar-refractivity contribution in [1.29, 1.82) is 0 Å². The summed E-state index contributed by atoms with van der Waals surface area (Å²) < 4.78 is 4.93. The molecular formula is C8H12N4O4. The first-order valence-electron chi connectivity index (χ1n) is 4.47. The number of amides is 1. The number of carbonyl (C=O) groups is 1. The van der Waals surface area contributed by atoms with E-state index in [9.17, 15) is 14.9 Å². The fourth-order valence-electron chi connectivity index (χ4n) is 0.924. The maximum Gasteiger partial charge on any atom is 0.412 e. The van der Waals surface area contributed by atoms with Crippen LogP contribution in [0.2, 0.25) is 0 Å². The summed E-state index contributed by atoms with van der Waals surface area (Å²) in [5.74, 6) is -0.383. The van der Waals surface area contributed by atoms with Gasteiger partial charge in [-0.05, 0) is 25.7 Å². The first kappa shape index (κ1) is 12.0. The van der Waals surface area contributed by atoms with Gasteiger partial charge in [-0.3, -0.25) is 5.32 Å². The third kappa shape index (κ3) is 3.23. The minimum absolute atomic E-state index is 0.0285. The zero-order valence-corrected chi connectivity index (χ0v) is 9.10. The number of ether oxygens (including phenoxy) is 1. The summed E-state index contributed by atoms with van der Waals surface area (Å²) in [6, 6.07) is 0. The van der Waals surface area contributed by atoms with Crippen LogP contribution in [0.25, 0.3) is 0 Å². The lowest BCUT2D eigenvalue weighted by Crippen LogP contribution is -2.27. The standard InChI is InChI=1S/C8H12N4O4/c1-8(2,3)16-7(13)10-5-4-9-11-6(5)12(14)15/h4H,1-3H3,(H,9,11)(H,10,13). The van der Waals surface area contributed by atoms with Crippen molar-refractivity contribution in [2.24, 2.45) is 0 Å². The number of hydrogen-bond donors (Lipinski definition) is 2. The molecule has 8 heteroatoms. The van der Waals surface area contributed by atoms with Gasteiger partial charge < -0.3 is 14.9 Å². The highest BCUT2D eigenvalue weighted by Crippen LogP contribution is 2.20. The molecule has 0 saturated heterocycles. The molecule has 0 aliphatic heterocycles. The molecule has 0 bridgehead atoms. The first-order chi connectivity index (χ1) is 7.29. The van der Waals surface area contributed by atoms with Gasteiger partial charge in [-0.15, -0.1) is 5.10 Å². The maximum atomic E-state index is 11.3. The van der Waals surface area contributed by atoms with E-state index < -0.39 is 16.6 Å². The Balaban J connectivity index is 2.70. The topological polar surface area (TPSA) is 110 Å². The third-order valence-corrected chi connectivity index (χ3v) is 1.44. The summed E-state index contributed by atoms with van der Waals surface area (Å²) in [5, 5.41) is 18.3. The number of rotatable bonds is 2. The molecule has 0 spiro atoms. The molecule has 0 aliphatic carbocycles. The number of nitrogens with zero attached hydrogens (tertiary/aromatic N) is 2. The molecular weight excluding hydrogens is 216 g/mol. The minimum atomic E-state index is -0.767. The Bertz CT molecular complexity index is 406. The Morgan fingerprint density at radius 2 is 2.25 bits per heavy atom. The van der Waals surface area contributed by atoms with Crippen LogP contribution in [-0.4, -0.2) is 26.8 Å². The summed E-state index contributed by atoms with van der Waals surface area (Å²) >= 11 is 0. The van der Waals surface area contributed by atoms with Gasteiger partial charge in [0.15, 0.2) is 5.69 Å². The van der Waals surface area contributed by atoms with Crippen LogP contribution in [0.1, 0.15) is 20.8 Å². The molecule has 1 aromatic heterocycles. The van der Waals surface area contributed by atoms with Crippen molar-refractivity contribution in [1.82, 2.24) is 10.2 Å². The molecule has 1 amide bonds. The highest BCUT2D eigenvalue weighted by atomic mass is 16.6. The van der Waals surface area contributed by atoms with Crippen molar-refractivity contribution in [3.63, 3.8) is 0 Å². The number of carbonyl (C=O) groups excluding carboxylic acids is 1. The molecule has 0 radical (unpaired) electrons. The van der Waals surface area contributed by atoms with E-state index in [1.165, 1.54) is 0 Å². The predicted octanol–water partition coefficient (Wildman–Crippen LogP) is 1.66. The van der Waals surface area contributed by atoms with Gasteiger partial charge in [0.25, 0.3) is 0 Å². The van der Waals surface area contributed by atoms with E-state index in [-0.39, 0.29) is 11.5 Å². The van der Waals surface area contributed by atoms with E-state index in [0.717, 1.165) is 6.20 Å².